The summed E-state index contributed by atoms with van der Waals surface area (Å²) < 4.78 is 43.4. The maximum Gasteiger partial charge on any atom is 0.365 e. The van der Waals surface area contributed by atoms with Gasteiger partial charge < -0.3 is 44.8 Å². The molecule has 1 aliphatic heterocycles. The van der Waals surface area contributed by atoms with Crippen molar-refractivity contribution in [1.82, 2.24) is 19.5 Å². The van der Waals surface area contributed by atoms with Crippen LogP contribution in [0.2, 0.25) is 0 Å². The van der Waals surface area contributed by atoms with Gasteiger partial charge in [0.25, 0.3) is 12.8 Å². The Morgan fingerprint density at radius 1 is 1.11 bits per heavy atom. The fraction of sp³-hybridized carbons (Fsp3) is 0.615. The van der Waals surface area contributed by atoms with E-state index >= 15 is 0 Å². The second-order valence-electron chi connectivity index (χ2n) is 7.42. The lowest BCUT2D eigenvalue weighted by Gasteiger charge is -2.36. The van der Waals surface area contributed by atoms with Crippen LogP contribution in [0, 0.1) is 0 Å². The first-order valence-corrected chi connectivity index (χ1v) is 18.6. The Morgan fingerprint density at radius 2 is 1.70 bits per heavy atom. The molecule has 0 spiro atoms. The fourth-order valence-electron chi connectivity index (χ4n) is 3.05. The van der Waals surface area contributed by atoms with E-state index in [1.54, 1.807) is 6.26 Å². The fourth-order valence-corrected chi connectivity index (χ4v) is 16.6. The maximum absolute atomic E-state index is 13.0. The van der Waals surface area contributed by atoms with Crippen LogP contribution in [0.15, 0.2) is 11.5 Å². The summed E-state index contributed by atoms with van der Waals surface area (Å²) in [6.45, 7) is -0.908. The molecule has 1 saturated heterocycles. The summed E-state index contributed by atoms with van der Waals surface area (Å²) in [5.41, 5.74) is 6.25. The predicted molar refractivity (Wildman–Crippen MR) is 146 cm³/mol. The number of nitrogens with two attached hydrogens (primary N) is 1. The number of thioether (sulfide) groups is 1. The molecule has 0 radical (unpaired) electrons. The van der Waals surface area contributed by atoms with Crippen LogP contribution in [0.4, 0.5) is 5.82 Å². The number of ether oxygens (including phenoxy) is 1. The number of imidazole rings is 1. The first-order valence-electron chi connectivity index (χ1n) is 9.38. The third-order valence-electron chi connectivity index (χ3n) is 5.06. The largest absolute Gasteiger partial charge is 0.387 e. The standard InChI is InChI=1S/C13H18Br4N5O11P3S/c1-37-11-20-8(18)5-9(21-11)22(3-19-5)10-7(24)6(23)4(33-10)2-32-36(30,31)13(16,17)34(25,26)12(14,15)35(27,28)29/h3-4,6-7,10,23-24H,2H2,1H3,(H,25,26)(H,30,31)(H2,18,20,21)(H2,27,28,29)/t4-,6-,7-,10+/m0/s1. The Kier molecular flexibility index (Phi) is 9.67. The molecule has 0 bridgehead atoms. The molecule has 0 aliphatic carbocycles. The molecule has 0 amide bonds. The van der Waals surface area contributed by atoms with Crippen LogP contribution in [0.3, 0.4) is 0 Å². The Balaban J connectivity index is 1.84. The van der Waals surface area contributed by atoms with Crippen LogP contribution in [0.1, 0.15) is 6.23 Å². The third-order valence-corrected chi connectivity index (χ3v) is 23.3. The highest BCUT2D eigenvalue weighted by atomic mass is 79.9. The lowest BCUT2D eigenvalue weighted by molar-refractivity contribution is -0.0484. The minimum atomic E-state index is -5.45. The number of hydrogen-bond donors (Lipinski definition) is 7. The zero-order chi connectivity index (χ0) is 28.4. The van der Waals surface area contributed by atoms with E-state index in [4.69, 9.17) is 15.0 Å². The number of aliphatic hydroxyl groups is 2. The maximum atomic E-state index is 13.0. The number of hydrogen-bond acceptors (Lipinski definition) is 12. The lowest BCUT2D eigenvalue weighted by Crippen LogP contribution is -2.34. The van der Waals surface area contributed by atoms with Crippen molar-refractivity contribution in [3.63, 3.8) is 0 Å². The highest BCUT2D eigenvalue weighted by molar-refractivity contribution is 9.32. The van der Waals surface area contributed by atoms with Crippen LogP contribution < -0.4 is 5.73 Å². The average molecular weight is 865 g/mol. The van der Waals surface area contributed by atoms with Crippen LogP contribution >= 0.6 is 98.0 Å². The molecular weight excluding hydrogens is 847 g/mol. The number of fused-ring (bicyclic) bond motifs is 1. The molecule has 1 aliphatic rings. The lowest BCUT2D eigenvalue weighted by atomic mass is 10.1. The summed E-state index contributed by atoms with van der Waals surface area (Å²) in [6, 6.07) is 0. The zero-order valence-corrected chi connectivity index (χ0v) is 27.8. The molecule has 3 heterocycles. The minimum absolute atomic E-state index is 0.0617. The van der Waals surface area contributed by atoms with Gasteiger partial charge in [-0.15, -0.1) is 0 Å². The molecule has 24 heteroatoms. The molecule has 0 saturated carbocycles. The summed E-state index contributed by atoms with van der Waals surface area (Å²) >= 11 is 11.1. The van der Waals surface area contributed by atoms with Crippen LogP contribution in [-0.4, -0.2) is 85.9 Å². The second-order valence-corrected chi connectivity index (χ2v) is 26.9. The number of aromatic nitrogens is 4. The molecular formula is C13H18Br4N5O11P3S. The number of halogens is 4. The normalized spacial score (nSPS) is 26.8. The number of anilines is 1. The van der Waals surface area contributed by atoms with Crippen molar-refractivity contribution in [1.29, 1.82) is 0 Å². The first kappa shape index (κ1) is 32.5. The quantitative estimate of drug-likeness (QED) is 0.0825. The van der Waals surface area contributed by atoms with E-state index in [2.05, 4.69) is 78.7 Å². The highest BCUT2D eigenvalue weighted by Crippen LogP contribution is 2.90. The molecule has 2 unspecified atom stereocenters. The van der Waals surface area contributed by atoms with Crippen molar-refractivity contribution in [3.8, 4) is 0 Å². The van der Waals surface area contributed by atoms with Gasteiger partial charge in [-0.05, 0) is 70.0 Å². The molecule has 3 rings (SSSR count). The monoisotopic (exact) mass is 861 g/mol. The molecule has 6 atom stereocenters. The molecule has 2 aromatic rings. The molecule has 37 heavy (non-hydrogen) atoms. The third kappa shape index (κ3) is 5.59. The summed E-state index contributed by atoms with van der Waals surface area (Å²) in [5.74, 6) is 0.0617. The summed E-state index contributed by atoms with van der Waals surface area (Å²) in [5, 5.41) is 21.4. The van der Waals surface area contributed by atoms with E-state index in [1.165, 1.54) is 22.7 Å². The van der Waals surface area contributed by atoms with E-state index in [0.29, 0.717) is 5.16 Å². The van der Waals surface area contributed by atoms with Crippen molar-refractivity contribution in [2.45, 2.75) is 35.1 Å². The van der Waals surface area contributed by atoms with Gasteiger partial charge in [0.05, 0.1) is 12.9 Å². The van der Waals surface area contributed by atoms with Crippen LogP contribution in [0.25, 0.3) is 11.2 Å². The molecule has 8 N–H and O–H groups in total. The van der Waals surface area contributed by atoms with E-state index in [0.717, 1.165) is 0 Å². The van der Waals surface area contributed by atoms with Gasteiger partial charge in [-0.2, -0.15) is 0 Å². The predicted octanol–water partition coefficient (Wildman–Crippen LogP) is 2.20. The van der Waals surface area contributed by atoms with E-state index in [-0.39, 0.29) is 17.0 Å². The van der Waals surface area contributed by atoms with Gasteiger partial charge in [-0.25, -0.2) is 15.0 Å². The Morgan fingerprint density at radius 3 is 2.24 bits per heavy atom. The van der Waals surface area contributed by atoms with E-state index < -0.39 is 59.1 Å². The number of aliphatic hydroxyl groups excluding tert-OH is 2. The Hall–Kier alpha value is 0.990. The van der Waals surface area contributed by atoms with Crippen molar-refractivity contribution < 1.29 is 52.7 Å². The van der Waals surface area contributed by atoms with Gasteiger partial charge in [0.1, 0.15) is 23.8 Å². The summed E-state index contributed by atoms with van der Waals surface area (Å²) in [6.07, 6.45) is -3.09. The van der Waals surface area contributed by atoms with Crippen molar-refractivity contribution in [3.05, 3.63) is 6.33 Å². The van der Waals surface area contributed by atoms with Gasteiger partial charge in [-0.1, -0.05) is 11.8 Å². The van der Waals surface area contributed by atoms with Gasteiger partial charge in [0.15, 0.2) is 22.8 Å². The molecule has 210 valence electrons. The SMILES string of the molecule is CSc1nc(N)c2ncn([C@@H]3O[C@@H](COP(=O)(O)C(Br)(Br)P(=O)(O)C(Br)(Br)P(=O)(O)O)[C@H](O)[C@@H]3O)c2n1. The molecule has 1 fully saturated rings. The Labute approximate surface area is 245 Å². The zero-order valence-electron chi connectivity index (χ0n) is 17.9. The van der Waals surface area contributed by atoms with Crippen molar-refractivity contribution in [2.24, 2.45) is 0 Å². The van der Waals surface area contributed by atoms with Gasteiger partial charge >= 0.3 is 15.2 Å². The van der Waals surface area contributed by atoms with Crippen molar-refractivity contribution in [2.75, 3.05) is 18.6 Å². The molecule has 2 aromatic heterocycles. The molecule has 0 aromatic carbocycles. The van der Waals surface area contributed by atoms with Crippen LogP contribution in [-0.2, 0) is 23.0 Å². The van der Waals surface area contributed by atoms with Crippen molar-refractivity contribution >= 4 is 115 Å². The first-order chi connectivity index (χ1) is 16.7. The minimum Gasteiger partial charge on any atom is -0.387 e. The van der Waals surface area contributed by atoms with Gasteiger partial charge in [-0.3, -0.25) is 18.3 Å². The van der Waals surface area contributed by atoms with Crippen LogP contribution in [0.5, 0.6) is 0 Å². The second kappa shape index (κ2) is 11.0. The van der Waals surface area contributed by atoms with E-state index in [9.17, 15) is 43.5 Å². The van der Waals surface area contributed by atoms with Gasteiger partial charge in [0.2, 0.25) is 0 Å². The highest BCUT2D eigenvalue weighted by Gasteiger charge is 2.71. The topological polar surface area (TPSA) is 261 Å². The Bertz CT molecular complexity index is 1340. The smallest absolute Gasteiger partial charge is 0.365 e. The number of nitrogens with zero attached hydrogens (tertiary/aromatic N) is 4. The summed E-state index contributed by atoms with van der Waals surface area (Å²) in [4.78, 5) is 52.2. The number of nitrogen functional groups attached to an aromatic ring is 1. The summed E-state index contributed by atoms with van der Waals surface area (Å²) in [7, 11) is -16.2. The number of alkyl halides is 4. The average Bonchev–Trinajstić information content (AvgIpc) is 3.32. The number of rotatable bonds is 9. The molecule has 16 nitrogen and oxygen atoms in total. The van der Waals surface area contributed by atoms with Gasteiger partial charge in [0, 0.05) is 0 Å². The van der Waals surface area contributed by atoms with E-state index in [1.807, 2.05) is 0 Å².